The van der Waals surface area contributed by atoms with Gasteiger partial charge in [-0.25, -0.2) is 0 Å². The Morgan fingerprint density at radius 1 is 1.18 bits per heavy atom. The molecule has 92 valence electrons. The van der Waals surface area contributed by atoms with Crippen LogP contribution in [0.15, 0.2) is 16.9 Å². The van der Waals surface area contributed by atoms with E-state index in [9.17, 15) is 0 Å². The Kier molecular flexibility index (Phi) is 1.68. The molecule has 3 aliphatic rings. The molecule has 1 aromatic rings. The second kappa shape index (κ2) is 2.80. The topological polar surface area (TPSA) is 22.4 Å². The third-order valence-electron chi connectivity index (χ3n) is 5.27. The minimum absolute atomic E-state index is 0.0555. The smallest absolute Gasteiger partial charge is 0.0963 e. The lowest BCUT2D eigenvalue weighted by molar-refractivity contribution is -0.0683. The van der Waals surface area contributed by atoms with Crippen molar-refractivity contribution in [2.45, 2.75) is 51.7 Å². The van der Waals surface area contributed by atoms with Crippen molar-refractivity contribution < 1.29 is 9.15 Å². The molecule has 2 aliphatic heterocycles. The van der Waals surface area contributed by atoms with Crippen molar-refractivity contribution in [3.8, 4) is 0 Å². The van der Waals surface area contributed by atoms with Gasteiger partial charge in [0.2, 0.25) is 0 Å². The Hall–Kier alpha value is -0.760. The van der Waals surface area contributed by atoms with E-state index in [1.54, 1.807) is 0 Å². The highest BCUT2D eigenvalue weighted by Gasteiger charge is 2.60. The van der Waals surface area contributed by atoms with Crippen molar-refractivity contribution in [1.82, 2.24) is 0 Å². The van der Waals surface area contributed by atoms with Crippen LogP contribution in [0.25, 0.3) is 0 Å². The Morgan fingerprint density at radius 3 is 2.82 bits per heavy atom. The molecule has 1 saturated carbocycles. The summed E-state index contributed by atoms with van der Waals surface area (Å²) in [6.07, 6.45) is 7.78. The highest BCUT2D eigenvalue weighted by atomic mass is 16.5. The molecule has 2 nitrogen and oxygen atoms in total. The zero-order chi connectivity index (χ0) is 11.8. The number of fused-ring (bicyclic) bond motifs is 7. The van der Waals surface area contributed by atoms with Crippen molar-refractivity contribution >= 4 is 0 Å². The zero-order valence-electron chi connectivity index (χ0n) is 10.8. The molecule has 17 heavy (non-hydrogen) atoms. The van der Waals surface area contributed by atoms with E-state index in [0.29, 0.717) is 17.4 Å². The first-order valence-corrected chi connectivity index (χ1v) is 6.71. The van der Waals surface area contributed by atoms with E-state index >= 15 is 0 Å². The van der Waals surface area contributed by atoms with E-state index in [1.807, 2.05) is 12.5 Å². The molecule has 0 radical (unpaired) electrons. The van der Waals surface area contributed by atoms with Gasteiger partial charge in [0.05, 0.1) is 24.2 Å². The summed E-state index contributed by atoms with van der Waals surface area (Å²) >= 11 is 0. The quantitative estimate of drug-likeness (QED) is 0.680. The SMILES string of the molecule is CC1(C)C[C@H]2[C@@H](C1)[C@]1(C)Cc3cocc3[C@@H]2O1. The van der Waals surface area contributed by atoms with E-state index in [0.717, 1.165) is 12.3 Å². The van der Waals surface area contributed by atoms with Gasteiger partial charge in [-0.05, 0) is 42.6 Å². The first-order valence-electron chi connectivity index (χ1n) is 6.71. The number of hydrogen-bond acceptors (Lipinski definition) is 2. The molecular weight excluding hydrogens is 212 g/mol. The van der Waals surface area contributed by atoms with Crippen molar-refractivity contribution in [1.29, 1.82) is 0 Å². The van der Waals surface area contributed by atoms with Crippen LogP contribution in [-0.4, -0.2) is 5.60 Å². The minimum Gasteiger partial charge on any atom is -0.472 e. The van der Waals surface area contributed by atoms with Crippen LogP contribution in [-0.2, 0) is 11.2 Å². The molecule has 0 amide bonds. The standard InChI is InChI=1S/C15H20O2/c1-14(2)5-10-12(6-14)15(3)4-9-7-16-8-11(9)13(10)17-15/h7-8,10,12-13H,4-6H2,1-3H3/t10-,12+,13+,15-/m0/s1. The van der Waals surface area contributed by atoms with Gasteiger partial charge in [0.15, 0.2) is 0 Å². The number of hydrogen-bond donors (Lipinski definition) is 0. The highest BCUT2D eigenvalue weighted by Crippen LogP contribution is 2.64. The van der Waals surface area contributed by atoms with Crippen molar-refractivity contribution in [3.05, 3.63) is 23.7 Å². The molecule has 2 heteroatoms. The summed E-state index contributed by atoms with van der Waals surface area (Å²) in [5, 5.41) is 0. The van der Waals surface area contributed by atoms with Crippen LogP contribution >= 0.6 is 0 Å². The largest absolute Gasteiger partial charge is 0.472 e. The van der Waals surface area contributed by atoms with E-state index in [2.05, 4.69) is 20.8 Å². The number of rotatable bonds is 0. The van der Waals surface area contributed by atoms with Crippen molar-refractivity contribution in [3.63, 3.8) is 0 Å². The van der Waals surface area contributed by atoms with E-state index in [1.165, 1.54) is 24.0 Å². The van der Waals surface area contributed by atoms with Gasteiger partial charge in [-0.15, -0.1) is 0 Å². The normalized spacial score (nSPS) is 45.7. The molecule has 2 fully saturated rings. The molecule has 4 rings (SSSR count). The van der Waals surface area contributed by atoms with E-state index in [-0.39, 0.29) is 5.60 Å². The van der Waals surface area contributed by atoms with Crippen LogP contribution < -0.4 is 0 Å². The van der Waals surface area contributed by atoms with Gasteiger partial charge < -0.3 is 9.15 Å². The summed E-state index contributed by atoms with van der Waals surface area (Å²) in [6, 6.07) is 0. The molecule has 1 aliphatic carbocycles. The molecule has 0 unspecified atom stereocenters. The van der Waals surface area contributed by atoms with Crippen LogP contribution in [0.2, 0.25) is 0 Å². The summed E-state index contributed by atoms with van der Waals surface area (Å²) in [5.74, 6) is 1.43. The highest BCUT2D eigenvalue weighted by molar-refractivity contribution is 5.33. The van der Waals surface area contributed by atoms with E-state index < -0.39 is 0 Å². The summed E-state index contributed by atoms with van der Waals surface area (Å²) in [7, 11) is 0. The fourth-order valence-electron chi connectivity index (χ4n) is 4.63. The van der Waals surface area contributed by atoms with Gasteiger partial charge in [-0.2, -0.15) is 0 Å². The summed E-state index contributed by atoms with van der Waals surface area (Å²) in [4.78, 5) is 0. The lowest BCUT2D eigenvalue weighted by Crippen LogP contribution is -2.36. The van der Waals surface area contributed by atoms with Crippen LogP contribution in [0.4, 0.5) is 0 Å². The third-order valence-corrected chi connectivity index (χ3v) is 5.27. The molecule has 1 aromatic heterocycles. The molecule has 0 aromatic carbocycles. The van der Waals surface area contributed by atoms with Crippen molar-refractivity contribution in [2.24, 2.45) is 17.3 Å². The van der Waals surface area contributed by atoms with Crippen LogP contribution in [0.1, 0.15) is 50.8 Å². The average molecular weight is 232 g/mol. The molecule has 4 atom stereocenters. The minimum atomic E-state index is 0.0555. The summed E-state index contributed by atoms with van der Waals surface area (Å²) in [5.41, 5.74) is 3.25. The predicted molar refractivity (Wildman–Crippen MR) is 64.6 cm³/mol. The van der Waals surface area contributed by atoms with Crippen LogP contribution in [0.5, 0.6) is 0 Å². The van der Waals surface area contributed by atoms with E-state index in [4.69, 9.17) is 9.15 Å². The maximum Gasteiger partial charge on any atom is 0.0963 e. The summed E-state index contributed by atoms with van der Waals surface area (Å²) in [6.45, 7) is 7.11. The molecule has 0 spiro atoms. The third kappa shape index (κ3) is 1.20. The average Bonchev–Trinajstić information content (AvgIpc) is 2.84. The Bertz CT molecular complexity index is 473. The van der Waals surface area contributed by atoms with Gasteiger partial charge in [0, 0.05) is 12.0 Å². The van der Waals surface area contributed by atoms with Gasteiger partial charge in [0.1, 0.15) is 0 Å². The van der Waals surface area contributed by atoms with Crippen molar-refractivity contribution in [2.75, 3.05) is 0 Å². The molecule has 2 bridgehead atoms. The maximum absolute atomic E-state index is 6.37. The Labute approximate surface area is 102 Å². The molecule has 0 N–H and O–H groups in total. The zero-order valence-corrected chi connectivity index (χ0v) is 10.8. The Balaban J connectivity index is 1.82. The fraction of sp³-hybridized carbons (Fsp3) is 0.733. The monoisotopic (exact) mass is 232 g/mol. The molecule has 1 saturated heterocycles. The first kappa shape index (κ1) is 10.2. The van der Waals surface area contributed by atoms with Gasteiger partial charge in [0.25, 0.3) is 0 Å². The first-order chi connectivity index (χ1) is 7.99. The maximum atomic E-state index is 6.37. The molecular formula is C15H20O2. The lowest BCUT2D eigenvalue weighted by atomic mass is 9.80. The second-order valence-electron chi connectivity index (χ2n) is 7.22. The van der Waals surface area contributed by atoms with Gasteiger partial charge in [-0.1, -0.05) is 13.8 Å². The number of ether oxygens (including phenoxy) is 1. The van der Waals surface area contributed by atoms with Gasteiger partial charge >= 0.3 is 0 Å². The fourth-order valence-corrected chi connectivity index (χ4v) is 4.63. The summed E-state index contributed by atoms with van der Waals surface area (Å²) < 4.78 is 11.8. The Morgan fingerprint density at radius 2 is 2.00 bits per heavy atom. The van der Waals surface area contributed by atoms with Crippen LogP contribution in [0.3, 0.4) is 0 Å². The van der Waals surface area contributed by atoms with Gasteiger partial charge in [-0.3, -0.25) is 0 Å². The predicted octanol–water partition coefficient (Wildman–Crippen LogP) is 3.72. The molecule has 3 heterocycles. The lowest BCUT2D eigenvalue weighted by Gasteiger charge is -2.35. The second-order valence-corrected chi connectivity index (χ2v) is 7.22. The van der Waals surface area contributed by atoms with Crippen LogP contribution in [0, 0.1) is 17.3 Å². The number of furan rings is 1.